The minimum atomic E-state index is -2.98. The molecule has 6 heteroatoms. The first-order chi connectivity index (χ1) is 12.4. The molecule has 2 fully saturated rings. The summed E-state index contributed by atoms with van der Waals surface area (Å²) in [6.07, 6.45) is 1.80. The summed E-state index contributed by atoms with van der Waals surface area (Å²) >= 11 is 0. The quantitative estimate of drug-likeness (QED) is 0.822. The second-order valence-electron chi connectivity index (χ2n) is 7.67. The van der Waals surface area contributed by atoms with Crippen LogP contribution in [0.25, 0.3) is 11.3 Å². The Balaban J connectivity index is 1.46. The van der Waals surface area contributed by atoms with Gasteiger partial charge in [-0.3, -0.25) is 9.88 Å². The minimum Gasteiger partial charge on any atom is -0.305 e. The lowest BCUT2D eigenvalue weighted by atomic mass is 10.00. The third kappa shape index (κ3) is 3.29. The van der Waals surface area contributed by atoms with Crippen LogP contribution in [0.3, 0.4) is 0 Å². The van der Waals surface area contributed by atoms with Gasteiger partial charge in [-0.1, -0.05) is 30.3 Å². The van der Waals surface area contributed by atoms with Gasteiger partial charge in [0.1, 0.15) is 0 Å². The van der Waals surface area contributed by atoms with Crippen molar-refractivity contribution in [2.45, 2.75) is 17.8 Å². The SMILES string of the molecule is CN(C)[C@@H]1CS(=O)(=O)[C@H]2CN(Cc3ccc(-c4ccccn4)cc3)C[C@@H]12. The van der Waals surface area contributed by atoms with E-state index >= 15 is 0 Å². The molecule has 3 atom stereocenters. The molecule has 5 nitrogen and oxygen atoms in total. The van der Waals surface area contributed by atoms with E-state index in [0.717, 1.165) is 24.3 Å². The topological polar surface area (TPSA) is 53.5 Å². The zero-order valence-corrected chi connectivity index (χ0v) is 16.1. The summed E-state index contributed by atoms with van der Waals surface area (Å²) in [6.45, 7) is 2.30. The zero-order valence-electron chi connectivity index (χ0n) is 15.2. The second-order valence-corrected chi connectivity index (χ2v) is 9.93. The smallest absolute Gasteiger partial charge is 0.156 e. The average molecular weight is 372 g/mol. The van der Waals surface area contributed by atoms with Crippen molar-refractivity contribution in [1.82, 2.24) is 14.8 Å². The van der Waals surface area contributed by atoms with Crippen LogP contribution in [0, 0.1) is 5.92 Å². The summed E-state index contributed by atoms with van der Waals surface area (Å²) in [7, 11) is 0.998. The predicted octanol–water partition coefficient (Wildman–Crippen LogP) is 1.91. The van der Waals surface area contributed by atoms with Gasteiger partial charge in [0.2, 0.25) is 0 Å². The highest BCUT2D eigenvalue weighted by Gasteiger charge is 2.52. The normalized spacial score (nSPS) is 27.7. The highest BCUT2D eigenvalue weighted by molar-refractivity contribution is 7.92. The van der Waals surface area contributed by atoms with E-state index in [-0.39, 0.29) is 17.2 Å². The van der Waals surface area contributed by atoms with Crippen LogP contribution in [-0.4, -0.2) is 67.4 Å². The Hall–Kier alpha value is -1.76. The molecule has 1 aromatic carbocycles. The lowest BCUT2D eigenvalue weighted by molar-refractivity contribution is 0.229. The maximum Gasteiger partial charge on any atom is 0.156 e. The number of hydrogen-bond donors (Lipinski definition) is 0. The summed E-state index contributed by atoms with van der Waals surface area (Å²) in [4.78, 5) is 8.75. The Morgan fingerprint density at radius 1 is 1.12 bits per heavy atom. The van der Waals surface area contributed by atoms with E-state index < -0.39 is 9.84 Å². The molecule has 0 unspecified atom stereocenters. The third-order valence-corrected chi connectivity index (χ3v) is 7.95. The molecule has 0 N–H and O–H groups in total. The molecule has 26 heavy (non-hydrogen) atoms. The Kier molecular flexibility index (Phi) is 4.59. The second kappa shape index (κ2) is 6.76. The van der Waals surface area contributed by atoms with Crippen molar-refractivity contribution in [3.8, 4) is 11.3 Å². The van der Waals surface area contributed by atoms with Crippen LogP contribution in [0.1, 0.15) is 5.56 Å². The van der Waals surface area contributed by atoms with E-state index in [4.69, 9.17) is 0 Å². The maximum absolute atomic E-state index is 12.5. The highest BCUT2D eigenvalue weighted by Crippen LogP contribution is 2.36. The summed E-state index contributed by atoms with van der Waals surface area (Å²) in [6, 6.07) is 14.5. The third-order valence-electron chi connectivity index (χ3n) is 5.73. The molecule has 0 saturated carbocycles. The highest BCUT2D eigenvalue weighted by atomic mass is 32.2. The number of aromatic nitrogens is 1. The average Bonchev–Trinajstić information content (AvgIpc) is 3.15. The predicted molar refractivity (Wildman–Crippen MR) is 103 cm³/mol. The minimum absolute atomic E-state index is 0.140. The Morgan fingerprint density at radius 2 is 1.88 bits per heavy atom. The number of fused-ring (bicyclic) bond motifs is 1. The van der Waals surface area contributed by atoms with E-state index in [0.29, 0.717) is 12.3 Å². The Morgan fingerprint density at radius 3 is 2.54 bits per heavy atom. The van der Waals surface area contributed by atoms with Crippen molar-refractivity contribution in [2.24, 2.45) is 5.92 Å². The van der Waals surface area contributed by atoms with Crippen LogP contribution in [0.4, 0.5) is 0 Å². The first-order valence-electron chi connectivity index (χ1n) is 9.05. The van der Waals surface area contributed by atoms with Gasteiger partial charge < -0.3 is 4.90 Å². The number of sulfone groups is 1. The zero-order chi connectivity index (χ0) is 18.3. The lowest BCUT2D eigenvalue weighted by Gasteiger charge is -2.25. The Labute approximate surface area is 155 Å². The number of pyridine rings is 1. The molecule has 2 aliphatic heterocycles. The van der Waals surface area contributed by atoms with Crippen molar-refractivity contribution in [2.75, 3.05) is 32.9 Å². The fourth-order valence-corrected chi connectivity index (χ4v) is 6.85. The number of rotatable bonds is 4. The van der Waals surface area contributed by atoms with E-state index in [1.54, 1.807) is 6.20 Å². The van der Waals surface area contributed by atoms with Gasteiger partial charge in [-0.2, -0.15) is 0 Å². The van der Waals surface area contributed by atoms with E-state index in [9.17, 15) is 8.42 Å². The largest absolute Gasteiger partial charge is 0.305 e. The van der Waals surface area contributed by atoms with Crippen LogP contribution < -0.4 is 0 Å². The lowest BCUT2D eigenvalue weighted by Crippen LogP contribution is -2.37. The van der Waals surface area contributed by atoms with Crippen LogP contribution in [0.2, 0.25) is 0 Å². The monoisotopic (exact) mass is 371 g/mol. The van der Waals surface area contributed by atoms with Gasteiger partial charge in [-0.15, -0.1) is 0 Å². The van der Waals surface area contributed by atoms with Gasteiger partial charge in [-0.05, 0) is 31.8 Å². The molecule has 3 heterocycles. The molecule has 0 bridgehead atoms. The van der Waals surface area contributed by atoms with Gasteiger partial charge >= 0.3 is 0 Å². The van der Waals surface area contributed by atoms with Crippen LogP contribution in [0.5, 0.6) is 0 Å². The fraction of sp³-hybridized carbons (Fsp3) is 0.450. The van der Waals surface area contributed by atoms with Crippen molar-refractivity contribution < 1.29 is 8.42 Å². The van der Waals surface area contributed by atoms with Gasteiger partial charge in [0, 0.05) is 43.4 Å². The molecule has 2 aliphatic rings. The summed E-state index contributed by atoms with van der Waals surface area (Å²) < 4.78 is 25.0. The summed E-state index contributed by atoms with van der Waals surface area (Å²) in [5.74, 6) is 0.532. The molecule has 0 amide bonds. The first-order valence-corrected chi connectivity index (χ1v) is 10.8. The molecular weight excluding hydrogens is 346 g/mol. The maximum atomic E-state index is 12.5. The van der Waals surface area contributed by atoms with Gasteiger partial charge in [0.25, 0.3) is 0 Å². The van der Waals surface area contributed by atoms with Crippen molar-refractivity contribution in [1.29, 1.82) is 0 Å². The van der Waals surface area contributed by atoms with Crippen molar-refractivity contribution >= 4 is 9.84 Å². The molecule has 4 rings (SSSR count). The van der Waals surface area contributed by atoms with Crippen molar-refractivity contribution in [3.05, 3.63) is 54.2 Å². The molecule has 138 valence electrons. The Bertz CT molecular complexity index is 866. The molecule has 0 spiro atoms. The van der Waals surface area contributed by atoms with Gasteiger partial charge in [0.15, 0.2) is 9.84 Å². The van der Waals surface area contributed by atoms with E-state index in [1.807, 2.05) is 32.3 Å². The first kappa shape index (κ1) is 17.6. The molecule has 2 saturated heterocycles. The molecular formula is C20H25N3O2S. The number of nitrogens with zero attached hydrogens (tertiary/aromatic N) is 3. The molecule has 2 aromatic rings. The number of hydrogen-bond acceptors (Lipinski definition) is 5. The van der Waals surface area contributed by atoms with E-state index in [1.165, 1.54) is 5.56 Å². The van der Waals surface area contributed by atoms with Crippen LogP contribution >= 0.6 is 0 Å². The molecule has 0 radical (unpaired) electrons. The van der Waals surface area contributed by atoms with Crippen molar-refractivity contribution in [3.63, 3.8) is 0 Å². The van der Waals surface area contributed by atoms with E-state index in [2.05, 4.69) is 39.0 Å². The van der Waals surface area contributed by atoms with Gasteiger partial charge in [-0.25, -0.2) is 8.42 Å². The summed E-state index contributed by atoms with van der Waals surface area (Å²) in [5, 5.41) is -0.206. The van der Waals surface area contributed by atoms with Gasteiger partial charge in [0.05, 0.1) is 16.7 Å². The molecule has 0 aliphatic carbocycles. The fourth-order valence-electron chi connectivity index (χ4n) is 4.35. The summed E-state index contributed by atoms with van der Waals surface area (Å²) in [5.41, 5.74) is 3.28. The molecule has 1 aromatic heterocycles. The number of likely N-dealkylation sites (tertiary alicyclic amines) is 1. The standard InChI is InChI=1S/C20H25N3O2S/c1-22(2)19-14-26(24,25)20-13-23(12-17(19)20)11-15-6-8-16(9-7-15)18-5-3-4-10-21-18/h3-10,17,19-20H,11-14H2,1-2H3/t17-,19+,20-/m0/s1. The number of benzene rings is 1. The van der Waals surface area contributed by atoms with Crippen LogP contribution in [0.15, 0.2) is 48.7 Å². The van der Waals surface area contributed by atoms with Crippen LogP contribution in [-0.2, 0) is 16.4 Å².